The molecular weight excluding hydrogens is 327 g/mol. The summed E-state index contributed by atoms with van der Waals surface area (Å²) in [5.74, 6) is -0.470. The van der Waals surface area contributed by atoms with Crippen LogP contribution in [0, 0.1) is 0 Å². The zero-order valence-electron chi connectivity index (χ0n) is 12.0. The van der Waals surface area contributed by atoms with E-state index in [1.165, 1.54) is 16.9 Å². The van der Waals surface area contributed by atoms with Crippen molar-refractivity contribution in [3.8, 4) is 11.3 Å². The molecule has 1 amide bonds. The smallest absolute Gasteiger partial charge is 0.259 e. The summed E-state index contributed by atoms with van der Waals surface area (Å²) < 4.78 is 0. The van der Waals surface area contributed by atoms with Gasteiger partial charge in [0.15, 0.2) is 9.97 Å². The third-order valence-electron chi connectivity index (χ3n) is 2.98. The Bertz CT molecular complexity index is 630. The average Bonchev–Trinajstić information content (AvgIpc) is 2.86. The Morgan fingerprint density at radius 3 is 2.38 bits per heavy atom. The summed E-state index contributed by atoms with van der Waals surface area (Å²) in [4.78, 5) is 14.7. The standard InChI is InChI=1S/C15H16Cl2N2OS/c1-15(2,3)10-6-4-9(5-7-10)11-8-21-14(18-11)19-13(20)12(16)17/h4-8,12H,1-3H3,(H,18,19,20). The maximum atomic E-state index is 11.4. The van der Waals surface area contributed by atoms with E-state index in [-0.39, 0.29) is 5.41 Å². The summed E-state index contributed by atoms with van der Waals surface area (Å²) in [6.45, 7) is 6.52. The van der Waals surface area contributed by atoms with Crippen molar-refractivity contribution in [2.75, 3.05) is 5.32 Å². The van der Waals surface area contributed by atoms with Crippen LogP contribution in [0.2, 0.25) is 0 Å². The molecule has 112 valence electrons. The number of nitrogens with one attached hydrogen (secondary N) is 1. The Labute approximate surface area is 138 Å². The Kier molecular flexibility index (Phi) is 4.91. The number of rotatable bonds is 3. The summed E-state index contributed by atoms with van der Waals surface area (Å²) in [7, 11) is 0. The van der Waals surface area contributed by atoms with Crippen LogP contribution >= 0.6 is 34.5 Å². The number of hydrogen-bond acceptors (Lipinski definition) is 3. The first-order valence-electron chi connectivity index (χ1n) is 6.43. The van der Waals surface area contributed by atoms with Gasteiger partial charge in [-0.2, -0.15) is 0 Å². The topological polar surface area (TPSA) is 42.0 Å². The molecule has 0 saturated heterocycles. The normalized spacial score (nSPS) is 11.7. The van der Waals surface area contributed by atoms with Gasteiger partial charge in [-0.25, -0.2) is 4.98 Å². The number of thiazole rings is 1. The van der Waals surface area contributed by atoms with Crippen LogP contribution in [0.3, 0.4) is 0 Å². The Hall–Kier alpha value is -1.10. The maximum absolute atomic E-state index is 11.4. The van der Waals surface area contributed by atoms with Crippen molar-refractivity contribution < 1.29 is 4.79 Å². The molecule has 0 radical (unpaired) electrons. The molecule has 6 heteroatoms. The van der Waals surface area contributed by atoms with E-state index in [2.05, 4.69) is 43.2 Å². The Balaban J connectivity index is 2.16. The van der Waals surface area contributed by atoms with E-state index in [1.807, 2.05) is 17.5 Å². The molecule has 0 aliphatic carbocycles. The van der Waals surface area contributed by atoms with E-state index in [9.17, 15) is 4.79 Å². The van der Waals surface area contributed by atoms with Crippen LogP contribution in [0.25, 0.3) is 11.3 Å². The fourth-order valence-electron chi connectivity index (χ4n) is 1.76. The van der Waals surface area contributed by atoms with Gasteiger partial charge in [0.1, 0.15) is 0 Å². The van der Waals surface area contributed by atoms with Gasteiger partial charge < -0.3 is 0 Å². The van der Waals surface area contributed by atoms with E-state index in [4.69, 9.17) is 23.2 Å². The Morgan fingerprint density at radius 2 is 1.86 bits per heavy atom. The van der Waals surface area contributed by atoms with Crippen LogP contribution in [-0.4, -0.2) is 15.7 Å². The summed E-state index contributed by atoms with van der Waals surface area (Å²) in [5.41, 5.74) is 3.21. The largest absolute Gasteiger partial charge is 0.300 e. The van der Waals surface area contributed by atoms with Gasteiger partial charge in [-0.1, -0.05) is 68.2 Å². The highest BCUT2D eigenvalue weighted by Gasteiger charge is 2.15. The highest BCUT2D eigenvalue weighted by Crippen LogP contribution is 2.28. The molecule has 1 N–H and O–H groups in total. The second kappa shape index (κ2) is 6.34. The molecule has 21 heavy (non-hydrogen) atoms. The van der Waals surface area contributed by atoms with Crippen molar-refractivity contribution in [3.05, 3.63) is 35.2 Å². The lowest BCUT2D eigenvalue weighted by Crippen LogP contribution is -2.18. The molecule has 3 nitrogen and oxygen atoms in total. The zero-order chi connectivity index (χ0) is 15.6. The van der Waals surface area contributed by atoms with Crippen molar-refractivity contribution in [2.45, 2.75) is 31.0 Å². The van der Waals surface area contributed by atoms with E-state index in [1.54, 1.807) is 0 Å². The quantitative estimate of drug-likeness (QED) is 0.810. The molecule has 0 spiro atoms. The van der Waals surface area contributed by atoms with Gasteiger partial charge >= 0.3 is 0 Å². The third-order valence-corrected chi connectivity index (χ3v) is 4.13. The first-order chi connectivity index (χ1) is 9.77. The van der Waals surface area contributed by atoms with Crippen LogP contribution in [0.1, 0.15) is 26.3 Å². The first-order valence-corrected chi connectivity index (χ1v) is 8.18. The van der Waals surface area contributed by atoms with Gasteiger partial charge in [-0.3, -0.25) is 10.1 Å². The third kappa shape index (κ3) is 4.19. The second-order valence-electron chi connectivity index (χ2n) is 5.66. The molecule has 2 rings (SSSR count). The number of hydrogen-bond donors (Lipinski definition) is 1. The number of amides is 1. The minimum atomic E-state index is -1.09. The minimum absolute atomic E-state index is 0.120. The number of anilines is 1. The van der Waals surface area contributed by atoms with Crippen molar-refractivity contribution in [1.82, 2.24) is 4.98 Å². The van der Waals surface area contributed by atoms with Crippen LogP contribution in [0.15, 0.2) is 29.6 Å². The summed E-state index contributed by atoms with van der Waals surface area (Å²) in [5, 5.41) is 4.95. The van der Waals surface area contributed by atoms with Gasteiger partial charge in [-0.15, -0.1) is 11.3 Å². The lowest BCUT2D eigenvalue weighted by molar-refractivity contribution is -0.114. The van der Waals surface area contributed by atoms with Gasteiger partial charge in [0.25, 0.3) is 5.91 Å². The predicted molar refractivity (Wildman–Crippen MR) is 90.4 cm³/mol. The molecule has 1 aromatic heterocycles. The molecule has 1 aromatic carbocycles. The van der Waals surface area contributed by atoms with Crippen molar-refractivity contribution in [2.24, 2.45) is 0 Å². The first kappa shape index (κ1) is 16.3. The lowest BCUT2D eigenvalue weighted by Gasteiger charge is -2.18. The van der Waals surface area contributed by atoms with E-state index < -0.39 is 10.7 Å². The van der Waals surface area contributed by atoms with Crippen molar-refractivity contribution >= 4 is 45.6 Å². The predicted octanol–water partition coefficient (Wildman–Crippen LogP) is 4.85. The number of carbonyl (C=O) groups excluding carboxylic acids is 1. The number of nitrogens with zero attached hydrogens (tertiary/aromatic N) is 1. The molecule has 0 bridgehead atoms. The van der Waals surface area contributed by atoms with E-state index in [0.29, 0.717) is 5.13 Å². The minimum Gasteiger partial charge on any atom is -0.300 e. The molecule has 0 unspecified atom stereocenters. The molecule has 2 aromatic rings. The summed E-state index contributed by atoms with van der Waals surface area (Å²) >= 11 is 12.3. The Morgan fingerprint density at radius 1 is 1.24 bits per heavy atom. The zero-order valence-corrected chi connectivity index (χ0v) is 14.3. The van der Waals surface area contributed by atoms with Gasteiger partial charge in [-0.05, 0) is 11.0 Å². The fourth-order valence-corrected chi connectivity index (χ4v) is 2.60. The molecule has 0 fully saturated rings. The van der Waals surface area contributed by atoms with E-state index in [0.717, 1.165) is 11.3 Å². The second-order valence-corrected chi connectivity index (χ2v) is 7.61. The van der Waals surface area contributed by atoms with Crippen molar-refractivity contribution in [1.29, 1.82) is 0 Å². The summed E-state index contributed by atoms with van der Waals surface area (Å²) in [6, 6.07) is 8.27. The highest BCUT2D eigenvalue weighted by molar-refractivity contribution is 7.14. The average molecular weight is 343 g/mol. The number of benzene rings is 1. The van der Waals surface area contributed by atoms with E-state index >= 15 is 0 Å². The highest BCUT2D eigenvalue weighted by atomic mass is 35.5. The maximum Gasteiger partial charge on any atom is 0.259 e. The van der Waals surface area contributed by atoms with Crippen LogP contribution in [-0.2, 0) is 10.2 Å². The molecule has 0 aliphatic heterocycles. The lowest BCUT2D eigenvalue weighted by atomic mass is 9.86. The number of halogens is 2. The van der Waals surface area contributed by atoms with Gasteiger partial charge in [0.05, 0.1) is 5.69 Å². The van der Waals surface area contributed by atoms with Crippen LogP contribution < -0.4 is 5.32 Å². The van der Waals surface area contributed by atoms with Crippen LogP contribution in [0.5, 0.6) is 0 Å². The fraction of sp³-hybridized carbons (Fsp3) is 0.333. The molecule has 0 aliphatic rings. The molecule has 0 atom stereocenters. The number of alkyl halides is 2. The number of carbonyl (C=O) groups is 1. The molecular formula is C15H16Cl2N2OS. The van der Waals surface area contributed by atoms with Gasteiger partial charge in [0, 0.05) is 10.9 Å². The SMILES string of the molecule is CC(C)(C)c1ccc(-c2csc(NC(=O)C(Cl)Cl)n2)cc1. The monoisotopic (exact) mass is 342 g/mol. The summed E-state index contributed by atoms with van der Waals surface area (Å²) in [6.07, 6.45) is 0. The molecule has 0 saturated carbocycles. The van der Waals surface area contributed by atoms with Crippen LogP contribution in [0.4, 0.5) is 5.13 Å². The molecule has 1 heterocycles. The van der Waals surface area contributed by atoms with Crippen molar-refractivity contribution in [3.63, 3.8) is 0 Å². The van der Waals surface area contributed by atoms with Gasteiger partial charge in [0.2, 0.25) is 0 Å². The number of aromatic nitrogens is 1.